The Hall–Kier alpha value is -3.19. The van der Waals surface area contributed by atoms with Crippen molar-refractivity contribution in [1.82, 2.24) is 4.98 Å². The minimum Gasteiger partial charge on any atom is -0.384 e. The zero-order valence-corrected chi connectivity index (χ0v) is 28.5. The Balaban J connectivity index is 2.01. The average Bonchev–Trinajstić information content (AvgIpc) is 3.02. The number of unbranched alkanes of at least 4 members (excludes halogenated alkanes) is 1. The van der Waals surface area contributed by atoms with Crippen molar-refractivity contribution >= 4 is 56.1 Å². The lowest BCUT2D eigenvalue weighted by Gasteiger charge is -2.20. The Morgan fingerprint density at radius 2 is 1.89 bits per heavy atom. The summed E-state index contributed by atoms with van der Waals surface area (Å²) in [6, 6.07) is 11.2. The van der Waals surface area contributed by atoms with Gasteiger partial charge in [0, 0.05) is 40.5 Å². The van der Waals surface area contributed by atoms with E-state index in [2.05, 4.69) is 59.7 Å². The third kappa shape index (κ3) is 9.40. The van der Waals surface area contributed by atoms with Crippen LogP contribution in [0.2, 0.25) is 5.02 Å². The van der Waals surface area contributed by atoms with Crippen LogP contribution in [-0.2, 0) is 6.54 Å². The van der Waals surface area contributed by atoms with Crippen LogP contribution in [0.3, 0.4) is 0 Å². The highest BCUT2D eigenvalue weighted by Gasteiger charge is 2.21. The lowest BCUT2D eigenvalue weighted by atomic mass is 9.98. The van der Waals surface area contributed by atoms with E-state index in [1.165, 1.54) is 11.6 Å². The molecule has 2 aromatic carbocycles. The molecule has 4 nitrogen and oxygen atoms in total. The summed E-state index contributed by atoms with van der Waals surface area (Å²) in [5.41, 5.74) is 5.78. The zero-order valence-electron chi connectivity index (χ0n) is 27.0. The number of thioether (sulfide) groups is 1. The molecule has 0 aliphatic rings. The quantitative estimate of drug-likeness (QED) is 0.137. The van der Waals surface area contributed by atoms with Crippen LogP contribution in [0.5, 0.6) is 0 Å². The molecule has 3 rings (SSSR count). The van der Waals surface area contributed by atoms with Gasteiger partial charge in [-0.05, 0) is 93.3 Å². The standard InChI is InChI=1S/C37H45ClFN3OS/c1-8-12-13-14-29(21-40-26(6)37(7,43)11-4)27-16-18-34-31(20-27)36(32(38)23-41-34)42-22-30-19-28(15-17-33(30)39)35(10-3)44-24-25(5)9-2/h10,13-21,23-24,43H,8-9,11-12,22H2,1-7H3,(H,41,42)/b14-13+,25-24-,29-21+,35-10-,40-26?. The van der Waals surface area contributed by atoms with Gasteiger partial charge in [0.05, 0.1) is 21.8 Å². The fourth-order valence-electron chi connectivity index (χ4n) is 4.28. The van der Waals surface area contributed by atoms with E-state index in [1.807, 2.05) is 51.1 Å². The Kier molecular flexibility index (Phi) is 13.4. The molecule has 0 saturated heterocycles. The number of pyridine rings is 1. The monoisotopic (exact) mass is 633 g/mol. The largest absolute Gasteiger partial charge is 0.384 e. The van der Waals surface area contributed by atoms with Gasteiger partial charge in [-0.2, -0.15) is 0 Å². The molecule has 0 aliphatic carbocycles. The van der Waals surface area contributed by atoms with Crippen LogP contribution in [0.15, 0.2) is 83.0 Å². The highest BCUT2D eigenvalue weighted by Crippen LogP contribution is 2.34. The van der Waals surface area contributed by atoms with E-state index in [0.717, 1.165) is 51.8 Å². The van der Waals surface area contributed by atoms with Crippen molar-refractivity contribution in [1.29, 1.82) is 0 Å². The van der Waals surface area contributed by atoms with Crippen molar-refractivity contribution < 1.29 is 9.50 Å². The number of benzene rings is 2. The van der Waals surface area contributed by atoms with E-state index in [4.69, 9.17) is 11.6 Å². The summed E-state index contributed by atoms with van der Waals surface area (Å²) in [5.74, 6) is -0.278. The van der Waals surface area contributed by atoms with Crippen LogP contribution < -0.4 is 5.32 Å². The fraction of sp³-hybridized carbons (Fsp3) is 0.351. The maximum atomic E-state index is 15.0. The van der Waals surface area contributed by atoms with Crippen LogP contribution in [0.4, 0.5) is 10.1 Å². The van der Waals surface area contributed by atoms with Gasteiger partial charge < -0.3 is 10.4 Å². The zero-order chi connectivity index (χ0) is 32.3. The summed E-state index contributed by atoms with van der Waals surface area (Å²) in [6.07, 6.45) is 13.2. The normalized spacial score (nSPS) is 14.9. The van der Waals surface area contributed by atoms with Gasteiger partial charge >= 0.3 is 0 Å². The average molecular weight is 634 g/mol. The highest BCUT2D eigenvalue weighted by atomic mass is 35.5. The van der Waals surface area contributed by atoms with Crippen LogP contribution >= 0.6 is 23.4 Å². The van der Waals surface area contributed by atoms with Crippen molar-refractivity contribution in [3.8, 4) is 0 Å². The molecule has 0 bridgehead atoms. The summed E-state index contributed by atoms with van der Waals surface area (Å²) in [7, 11) is 0. The Bertz CT molecular complexity index is 1600. The van der Waals surface area contributed by atoms with Gasteiger partial charge in [0.2, 0.25) is 0 Å². The predicted molar refractivity (Wildman–Crippen MR) is 192 cm³/mol. The van der Waals surface area contributed by atoms with Gasteiger partial charge in [-0.25, -0.2) is 4.39 Å². The number of nitrogens with one attached hydrogen (secondary N) is 1. The molecule has 7 heteroatoms. The first-order valence-electron chi connectivity index (χ1n) is 15.3. The number of hydrogen-bond acceptors (Lipinski definition) is 5. The second-order valence-electron chi connectivity index (χ2n) is 11.1. The smallest absolute Gasteiger partial charge is 0.128 e. The summed E-state index contributed by atoms with van der Waals surface area (Å²) in [4.78, 5) is 10.2. The maximum Gasteiger partial charge on any atom is 0.128 e. The molecule has 0 amide bonds. The van der Waals surface area contributed by atoms with Gasteiger partial charge in [0.25, 0.3) is 0 Å². The lowest BCUT2D eigenvalue weighted by molar-refractivity contribution is 0.128. The van der Waals surface area contributed by atoms with Crippen molar-refractivity contribution in [3.05, 3.63) is 106 Å². The SMILES string of the molecule is C/C=C(\S/C=C(/C)CC)c1ccc(F)c(CNc2c(Cl)cnc3ccc(C(/C=C/CCC)=C/N=C(C)C(C)(O)CC)cc23)c1. The van der Waals surface area contributed by atoms with Crippen LogP contribution in [0, 0.1) is 5.82 Å². The predicted octanol–water partition coefficient (Wildman–Crippen LogP) is 11.4. The molecule has 234 valence electrons. The molecule has 0 aliphatic heterocycles. The molecule has 44 heavy (non-hydrogen) atoms. The summed E-state index contributed by atoms with van der Waals surface area (Å²) in [6.45, 7) is 14.2. The van der Waals surface area contributed by atoms with E-state index < -0.39 is 5.60 Å². The number of anilines is 1. The van der Waals surface area contributed by atoms with E-state index in [1.54, 1.807) is 31.1 Å². The van der Waals surface area contributed by atoms with Crippen LogP contribution in [0.1, 0.15) is 90.8 Å². The number of aliphatic hydroxyl groups is 1. The number of aliphatic imine (C=N–C) groups is 1. The van der Waals surface area contributed by atoms with Crippen molar-refractivity contribution in [2.45, 2.75) is 86.3 Å². The topological polar surface area (TPSA) is 57.5 Å². The minimum absolute atomic E-state index is 0.253. The van der Waals surface area contributed by atoms with E-state index in [9.17, 15) is 5.11 Å². The molecule has 3 aromatic rings. The highest BCUT2D eigenvalue weighted by molar-refractivity contribution is 8.10. The van der Waals surface area contributed by atoms with E-state index >= 15 is 4.39 Å². The number of fused-ring (bicyclic) bond motifs is 1. The first-order chi connectivity index (χ1) is 21.0. The number of hydrogen-bond donors (Lipinski definition) is 2. The van der Waals surface area contributed by atoms with Gasteiger partial charge in [-0.15, -0.1) is 0 Å². The van der Waals surface area contributed by atoms with Crippen LogP contribution in [0.25, 0.3) is 21.4 Å². The molecule has 0 spiro atoms. The Morgan fingerprint density at radius 3 is 2.57 bits per heavy atom. The second-order valence-corrected chi connectivity index (χ2v) is 12.4. The van der Waals surface area contributed by atoms with E-state index in [0.29, 0.717) is 28.4 Å². The number of halogens is 2. The maximum absolute atomic E-state index is 15.0. The molecule has 2 N–H and O–H groups in total. The number of rotatable bonds is 14. The third-order valence-electron chi connectivity index (χ3n) is 7.77. The Morgan fingerprint density at radius 1 is 1.14 bits per heavy atom. The van der Waals surface area contributed by atoms with Gasteiger partial charge in [0.1, 0.15) is 5.82 Å². The molecule has 1 atom stereocenters. The number of nitrogens with zero attached hydrogens (tertiary/aromatic N) is 2. The molecule has 0 saturated carbocycles. The third-order valence-corrected chi connectivity index (χ3v) is 9.30. The van der Waals surface area contributed by atoms with Crippen molar-refractivity contribution in [2.75, 3.05) is 5.32 Å². The summed E-state index contributed by atoms with van der Waals surface area (Å²) in [5, 5.41) is 17.5. The summed E-state index contributed by atoms with van der Waals surface area (Å²) >= 11 is 8.34. The molecule has 1 aromatic heterocycles. The van der Waals surface area contributed by atoms with Crippen molar-refractivity contribution in [2.24, 2.45) is 4.99 Å². The van der Waals surface area contributed by atoms with Gasteiger partial charge in [-0.1, -0.05) is 86.5 Å². The first-order valence-corrected chi connectivity index (χ1v) is 16.5. The van der Waals surface area contributed by atoms with E-state index in [-0.39, 0.29) is 12.4 Å². The Labute approximate surface area is 271 Å². The summed E-state index contributed by atoms with van der Waals surface area (Å²) < 4.78 is 15.0. The van der Waals surface area contributed by atoms with Gasteiger partial charge in [0.15, 0.2) is 0 Å². The van der Waals surface area contributed by atoms with Crippen molar-refractivity contribution in [3.63, 3.8) is 0 Å². The lowest BCUT2D eigenvalue weighted by Crippen LogP contribution is -2.31. The molecule has 1 heterocycles. The van der Waals surface area contributed by atoms with Crippen LogP contribution in [-0.4, -0.2) is 21.4 Å². The molecule has 1 unspecified atom stereocenters. The minimum atomic E-state index is -0.975. The second kappa shape index (κ2) is 16.8. The number of allylic oxidation sites excluding steroid dienone is 5. The molecular formula is C37H45ClFN3OS. The molecule has 0 radical (unpaired) electrons. The molecular weight excluding hydrogens is 589 g/mol. The van der Waals surface area contributed by atoms with Gasteiger partial charge in [-0.3, -0.25) is 9.98 Å². The fourth-order valence-corrected chi connectivity index (χ4v) is 5.39. The first kappa shape index (κ1) is 35.3. The molecule has 0 fully saturated rings. The number of aromatic nitrogens is 1.